The minimum absolute atomic E-state index is 0.104. The van der Waals surface area contributed by atoms with E-state index in [9.17, 15) is 19.1 Å². The summed E-state index contributed by atoms with van der Waals surface area (Å²) in [5.41, 5.74) is 2.94. The first kappa shape index (κ1) is 24.6. The fourth-order valence-corrected chi connectivity index (χ4v) is 5.61. The molecule has 0 bridgehead atoms. The second-order valence-electron chi connectivity index (χ2n) is 11.3. The standard InChI is InChI=1S/C28H37FN2O3/c1-27(2,26(33)34)18-30-15-13-19(14-16-30)7-5-10-24(32)31-23-17-21(29)11-12-22(23)28(3,4)25(31)20-8-6-9-20/h5,10-12,17,19H,6-9,13-16,18H2,1-4H3,(H,33,34). The number of benzene rings is 1. The Hall–Kier alpha value is -2.47. The lowest BCUT2D eigenvalue weighted by Gasteiger charge is -2.35. The van der Waals surface area contributed by atoms with E-state index in [1.807, 2.05) is 12.1 Å². The highest BCUT2D eigenvalue weighted by Crippen LogP contribution is 2.51. The number of fused-ring (bicyclic) bond motifs is 1. The Morgan fingerprint density at radius 3 is 2.47 bits per heavy atom. The third-order valence-electron chi connectivity index (χ3n) is 7.84. The number of hydrogen-bond acceptors (Lipinski definition) is 3. The molecular formula is C28H37FN2O3. The number of anilines is 1. The number of carboxylic acid groups (broad SMARTS) is 1. The van der Waals surface area contributed by atoms with Gasteiger partial charge in [0.25, 0.3) is 5.91 Å². The molecule has 1 N–H and O–H groups in total. The molecule has 2 fully saturated rings. The first-order valence-corrected chi connectivity index (χ1v) is 12.5. The molecule has 1 aromatic carbocycles. The van der Waals surface area contributed by atoms with Gasteiger partial charge in [-0.25, -0.2) is 4.39 Å². The van der Waals surface area contributed by atoms with E-state index in [1.54, 1.807) is 24.8 Å². The van der Waals surface area contributed by atoms with Crippen molar-refractivity contribution in [2.45, 2.75) is 71.6 Å². The molecule has 0 atom stereocenters. The summed E-state index contributed by atoms with van der Waals surface area (Å²) in [6.07, 6.45) is 9.58. The first-order chi connectivity index (χ1) is 16.0. The first-order valence-electron chi connectivity index (χ1n) is 12.5. The van der Waals surface area contributed by atoms with E-state index in [2.05, 4.69) is 18.7 Å². The molecule has 4 rings (SSSR count). The molecule has 1 saturated heterocycles. The molecule has 34 heavy (non-hydrogen) atoms. The Kier molecular flexibility index (Phi) is 6.74. The molecular weight excluding hydrogens is 431 g/mol. The lowest BCUT2D eigenvalue weighted by atomic mass is 9.77. The fourth-order valence-electron chi connectivity index (χ4n) is 5.61. The number of nitrogens with zero attached hydrogens (tertiary/aromatic N) is 2. The van der Waals surface area contributed by atoms with E-state index < -0.39 is 11.4 Å². The molecule has 1 saturated carbocycles. The van der Waals surface area contributed by atoms with Gasteiger partial charge in [0.05, 0.1) is 11.1 Å². The van der Waals surface area contributed by atoms with Crippen molar-refractivity contribution in [3.63, 3.8) is 0 Å². The molecule has 0 radical (unpaired) electrons. The second-order valence-corrected chi connectivity index (χ2v) is 11.3. The SMILES string of the molecule is CC(C)(CN1CCC(CC=CC(=O)N2C(=C3CCC3)C(C)(C)c3ccc(F)cc32)CC1)C(=O)O. The van der Waals surface area contributed by atoms with Crippen molar-refractivity contribution in [1.82, 2.24) is 4.90 Å². The number of carbonyl (C=O) groups is 2. The Morgan fingerprint density at radius 1 is 1.21 bits per heavy atom. The lowest BCUT2D eigenvalue weighted by molar-refractivity contribution is -0.148. The number of rotatable bonds is 6. The van der Waals surface area contributed by atoms with Crippen LogP contribution in [-0.2, 0) is 15.0 Å². The Balaban J connectivity index is 1.41. The molecule has 1 amide bonds. The van der Waals surface area contributed by atoms with E-state index in [4.69, 9.17) is 0 Å². The molecule has 3 aliphatic rings. The van der Waals surface area contributed by atoms with Crippen LogP contribution in [0.15, 0.2) is 41.6 Å². The van der Waals surface area contributed by atoms with Crippen LogP contribution in [0.4, 0.5) is 10.1 Å². The highest BCUT2D eigenvalue weighted by Gasteiger charge is 2.45. The van der Waals surface area contributed by atoms with Crippen LogP contribution in [0.25, 0.3) is 0 Å². The van der Waals surface area contributed by atoms with Gasteiger partial charge in [-0.1, -0.05) is 26.0 Å². The number of carboxylic acids is 1. The average molecular weight is 469 g/mol. The van der Waals surface area contributed by atoms with Crippen LogP contribution in [0.5, 0.6) is 0 Å². The summed E-state index contributed by atoms with van der Waals surface area (Å²) in [5, 5.41) is 9.37. The highest BCUT2D eigenvalue weighted by atomic mass is 19.1. The minimum Gasteiger partial charge on any atom is -0.481 e. The smallest absolute Gasteiger partial charge is 0.310 e. The maximum Gasteiger partial charge on any atom is 0.310 e. The third kappa shape index (κ3) is 4.70. The number of carbonyl (C=O) groups excluding carboxylic acids is 1. The van der Waals surface area contributed by atoms with Gasteiger partial charge in [-0.05, 0) is 101 Å². The van der Waals surface area contributed by atoms with E-state index >= 15 is 0 Å². The summed E-state index contributed by atoms with van der Waals surface area (Å²) >= 11 is 0. The zero-order chi connectivity index (χ0) is 24.7. The zero-order valence-corrected chi connectivity index (χ0v) is 20.9. The zero-order valence-electron chi connectivity index (χ0n) is 20.9. The molecule has 1 aliphatic carbocycles. The van der Waals surface area contributed by atoms with Crippen molar-refractivity contribution in [2.24, 2.45) is 11.3 Å². The van der Waals surface area contributed by atoms with E-state index in [0.717, 1.165) is 62.9 Å². The average Bonchev–Trinajstić information content (AvgIpc) is 2.94. The molecule has 2 aliphatic heterocycles. The number of hydrogen-bond donors (Lipinski definition) is 1. The summed E-state index contributed by atoms with van der Waals surface area (Å²) in [6.45, 7) is 10.1. The van der Waals surface area contributed by atoms with E-state index in [-0.39, 0.29) is 17.1 Å². The van der Waals surface area contributed by atoms with Crippen LogP contribution in [-0.4, -0.2) is 41.5 Å². The summed E-state index contributed by atoms with van der Waals surface area (Å²) in [6, 6.07) is 4.79. The van der Waals surface area contributed by atoms with Crippen LogP contribution in [0, 0.1) is 17.2 Å². The number of piperidine rings is 1. The van der Waals surface area contributed by atoms with Crippen LogP contribution in [0.2, 0.25) is 0 Å². The highest BCUT2D eigenvalue weighted by molar-refractivity contribution is 6.07. The minimum atomic E-state index is -0.765. The molecule has 184 valence electrons. The lowest BCUT2D eigenvalue weighted by Crippen LogP contribution is -2.43. The van der Waals surface area contributed by atoms with E-state index in [1.165, 1.54) is 17.7 Å². The van der Waals surface area contributed by atoms with Gasteiger partial charge in [0, 0.05) is 17.7 Å². The molecule has 0 unspecified atom stereocenters. The second kappa shape index (κ2) is 9.29. The number of likely N-dealkylation sites (tertiary alicyclic amines) is 1. The molecule has 5 nitrogen and oxygen atoms in total. The van der Waals surface area contributed by atoms with Crippen LogP contribution in [0.1, 0.15) is 71.8 Å². The summed E-state index contributed by atoms with van der Waals surface area (Å²) in [7, 11) is 0. The van der Waals surface area contributed by atoms with Gasteiger partial charge in [0.1, 0.15) is 5.82 Å². The van der Waals surface area contributed by atoms with Crippen LogP contribution in [0.3, 0.4) is 0 Å². The Morgan fingerprint density at radius 2 is 1.88 bits per heavy atom. The maximum atomic E-state index is 14.1. The third-order valence-corrected chi connectivity index (χ3v) is 7.84. The normalized spacial score (nSPS) is 21.1. The van der Waals surface area contributed by atoms with Crippen molar-refractivity contribution >= 4 is 17.6 Å². The number of allylic oxidation sites excluding steroid dienone is 3. The molecule has 0 aromatic heterocycles. The monoisotopic (exact) mass is 468 g/mol. The van der Waals surface area contributed by atoms with E-state index in [0.29, 0.717) is 18.2 Å². The van der Waals surface area contributed by atoms with Crippen LogP contribution < -0.4 is 4.90 Å². The number of aliphatic carboxylic acids is 1. The van der Waals surface area contributed by atoms with Gasteiger partial charge >= 0.3 is 5.97 Å². The van der Waals surface area contributed by atoms with Crippen molar-refractivity contribution < 1.29 is 19.1 Å². The summed E-state index contributed by atoms with van der Waals surface area (Å²) < 4.78 is 14.1. The molecule has 0 spiro atoms. The van der Waals surface area contributed by atoms with Crippen LogP contribution >= 0.6 is 0 Å². The van der Waals surface area contributed by atoms with Crippen molar-refractivity contribution in [2.75, 3.05) is 24.5 Å². The predicted octanol–water partition coefficient (Wildman–Crippen LogP) is 5.66. The quantitative estimate of drug-likeness (QED) is 0.548. The van der Waals surface area contributed by atoms with Gasteiger partial charge in [-0.3, -0.25) is 14.5 Å². The Bertz CT molecular complexity index is 1030. The largest absolute Gasteiger partial charge is 0.481 e. The van der Waals surface area contributed by atoms with Crippen molar-refractivity contribution in [3.05, 3.63) is 53.0 Å². The van der Waals surface area contributed by atoms with Crippen molar-refractivity contribution in [3.8, 4) is 0 Å². The van der Waals surface area contributed by atoms with Crippen molar-refractivity contribution in [1.29, 1.82) is 0 Å². The van der Waals surface area contributed by atoms with Gasteiger partial charge in [0.2, 0.25) is 0 Å². The van der Waals surface area contributed by atoms with Gasteiger partial charge in [-0.2, -0.15) is 0 Å². The Labute approximate surface area is 202 Å². The predicted molar refractivity (Wildman–Crippen MR) is 132 cm³/mol. The number of amides is 1. The van der Waals surface area contributed by atoms with Gasteiger partial charge < -0.3 is 10.0 Å². The molecule has 2 heterocycles. The number of halogens is 1. The summed E-state index contributed by atoms with van der Waals surface area (Å²) in [4.78, 5) is 28.8. The topological polar surface area (TPSA) is 60.9 Å². The summed E-state index contributed by atoms with van der Waals surface area (Å²) in [5.74, 6) is -0.710. The van der Waals surface area contributed by atoms with Gasteiger partial charge in [-0.15, -0.1) is 0 Å². The molecule has 6 heteroatoms. The fraction of sp³-hybridized carbons (Fsp3) is 0.571. The molecule has 1 aromatic rings. The van der Waals surface area contributed by atoms with Gasteiger partial charge in [0.15, 0.2) is 0 Å². The maximum absolute atomic E-state index is 14.1.